The largest absolute Gasteiger partial charge is 0.371 e. The van der Waals surface area contributed by atoms with Crippen molar-refractivity contribution in [2.24, 2.45) is 5.92 Å². The molecule has 110 valence electrons. The first-order valence-electron chi connectivity index (χ1n) is 7.10. The van der Waals surface area contributed by atoms with E-state index in [0.29, 0.717) is 5.92 Å². The zero-order valence-corrected chi connectivity index (χ0v) is 13.6. The summed E-state index contributed by atoms with van der Waals surface area (Å²) in [4.78, 5) is 0. The van der Waals surface area contributed by atoms with E-state index in [0.717, 1.165) is 42.4 Å². The minimum Gasteiger partial charge on any atom is -0.371 e. The molecule has 4 nitrogen and oxygen atoms in total. The molecule has 0 bridgehead atoms. The van der Waals surface area contributed by atoms with E-state index in [1.54, 1.807) is 18.4 Å². The molecule has 5 heteroatoms. The Bertz CT molecular complexity index is 361. The quantitative estimate of drug-likeness (QED) is 0.709. The van der Waals surface area contributed by atoms with Crippen LogP contribution < -0.4 is 5.32 Å². The number of ether oxygens (including phenoxy) is 1. The summed E-state index contributed by atoms with van der Waals surface area (Å²) in [5.74, 6) is 0.708. The fourth-order valence-electron chi connectivity index (χ4n) is 1.71. The molecule has 1 atom stereocenters. The van der Waals surface area contributed by atoms with Gasteiger partial charge in [-0.05, 0) is 38.8 Å². The highest BCUT2D eigenvalue weighted by molar-refractivity contribution is 7.11. The van der Waals surface area contributed by atoms with Gasteiger partial charge in [-0.15, -0.1) is 10.2 Å². The number of methoxy groups -OCH3 is 1. The maximum absolute atomic E-state index is 5.55. The minimum atomic E-state index is -0.286. The summed E-state index contributed by atoms with van der Waals surface area (Å²) < 4.78 is 5.55. The number of hydrogen-bond acceptors (Lipinski definition) is 5. The number of aryl methyl sites for hydroxylation is 1. The van der Waals surface area contributed by atoms with Crippen molar-refractivity contribution in [1.82, 2.24) is 15.5 Å². The zero-order chi connectivity index (χ0) is 14.3. The lowest BCUT2D eigenvalue weighted by Gasteiger charge is -2.22. The van der Waals surface area contributed by atoms with Gasteiger partial charge in [-0.2, -0.15) is 0 Å². The summed E-state index contributed by atoms with van der Waals surface area (Å²) in [7, 11) is 1.74. The molecule has 0 aliphatic carbocycles. The van der Waals surface area contributed by atoms with Crippen LogP contribution in [0.2, 0.25) is 0 Å². The Kier molecular flexibility index (Phi) is 6.89. The summed E-state index contributed by atoms with van der Waals surface area (Å²) in [6.07, 6.45) is 3.01. The van der Waals surface area contributed by atoms with Crippen molar-refractivity contribution >= 4 is 11.3 Å². The predicted octanol–water partition coefficient (Wildman–Crippen LogP) is 2.99. The monoisotopic (exact) mass is 285 g/mol. The minimum absolute atomic E-state index is 0.286. The van der Waals surface area contributed by atoms with Gasteiger partial charge in [0, 0.05) is 13.5 Å². The summed E-state index contributed by atoms with van der Waals surface area (Å²) in [5.41, 5.74) is -0.286. The van der Waals surface area contributed by atoms with Crippen LogP contribution in [0.25, 0.3) is 0 Å². The van der Waals surface area contributed by atoms with Gasteiger partial charge in [-0.3, -0.25) is 0 Å². The fraction of sp³-hybridized carbons (Fsp3) is 0.857. The van der Waals surface area contributed by atoms with Crippen LogP contribution in [0.15, 0.2) is 0 Å². The van der Waals surface area contributed by atoms with Gasteiger partial charge in [-0.25, -0.2) is 0 Å². The molecule has 0 saturated carbocycles. The highest BCUT2D eigenvalue weighted by Crippen LogP contribution is 2.30. The molecule has 0 fully saturated rings. The molecule has 1 heterocycles. The maximum atomic E-state index is 5.55. The molecular formula is C14H27N3OS. The van der Waals surface area contributed by atoms with Gasteiger partial charge in [0.25, 0.3) is 0 Å². The van der Waals surface area contributed by atoms with Crippen LogP contribution in [0.5, 0.6) is 0 Å². The summed E-state index contributed by atoms with van der Waals surface area (Å²) >= 11 is 1.68. The number of hydrogen-bond donors (Lipinski definition) is 1. The van der Waals surface area contributed by atoms with Gasteiger partial charge in [0.1, 0.15) is 15.6 Å². The number of rotatable bonds is 9. The third kappa shape index (κ3) is 5.16. The number of aromatic nitrogens is 2. The molecule has 0 spiro atoms. The normalized spacial score (nSPS) is 14.8. The van der Waals surface area contributed by atoms with Crippen LogP contribution in [-0.2, 0) is 16.8 Å². The van der Waals surface area contributed by atoms with Crippen LogP contribution in [0.3, 0.4) is 0 Å². The Labute approximate surface area is 121 Å². The molecule has 0 aliphatic rings. The molecule has 1 aromatic rings. The Balaban J connectivity index is 2.39. The topological polar surface area (TPSA) is 47.0 Å². The van der Waals surface area contributed by atoms with Crippen molar-refractivity contribution in [2.75, 3.05) is 20.2 Å². The number of nitrogens with zero attached hydrogens (tertiary/aromatic N) is 2. The van der Waals surface area contributed by atoms with Crippen molar-refractivity contribution in [2.45, 2.75) is 52.6 Å². The Morgan fingerprint density at radius 3 is 2.68 bits per heavy atom. The molecule has 0 amide bonds. The van der Waals surface area contributed by atoms with Gasteiger partial charge in [-0.1, -0.05) is 32.1 Å². The predicted molar refractivity (Wildman–Crippen MR) is 80.6 cm³/mol. The lowest BCUT2D eigenvalue weighted by atomic mass is 10.1. The molecule has 1 aromatic heterocycles. The molecule has 0 radical (unpaired) electrons. The molecule has 19 heavy (non-hydrogen) atoms. The SMILES string of the molecule is CCC(C)(OC)c1nnc(CCCNCC(C)C)s1. The third-order valence-corrected chi connectivity index (χ3v) is 4.57. The smallest absolute Gasteiger partial charge is 0.149 e. The molecule has 0 saturated heterocycles. The second kappa shape index (κ2) is 7.92. The van der Waals surface area contributed by atoms with Crippen molar-refractivity contribution in [3.05, 3.63) is 10.0 Å². The second-order valence-electron chi connectivity index (χ2n) is 5.49. The van der Waals surface area contributed by atoms with Gasteiger partial charge in [0.2, 0.25) is 0 Å². The molecular weight excluding hydrogens is 258 g/mol. The Hall–Kier alpha value is -0.520. The van der Waals surface area contributed by atoms with Crippen molar-refractivity contribution in [3.63, 3.8) is 0 Å². The second-order valence-corrected chi connectivity index (χ2v) is 6.55. The third-order valence-electron chi connectivity index (χ3n) is 3.34. The van der Waals surface area contributed by atoms with E-state index in [4.69, 9.17) is 4.74 Å². The van der Waals surface area contributed by atoms with Crippen LogP contribution in [0.1, 0.15) is 50.6 Å². The summed E-state index contributed by atoms with van der Waals surface area (Å²) in [6.45, 7) is 10.8. The van der Waals surface area contributed by atoms with E-state index in [9.17, 15) is 0 Å². The molecule has 1 N–H and O–H groups in total. The van der Waals surface area contributed by atoms with Gasteiger partial charge in [0.05, 0.1) is 0 Å². The summed E-state index contributed by atoms with van der Waals surface area (Å²) in [5, 5.41) is 14.1. The van der Waals surface area contributed by atoms with Gasteiger partial charge < -0.3 is 10.1 Å². The van der Waals surface area contributed by atoms with E-state index in [2.05, 4.69) is 43.2 Å². The van der Waals surface area contributed by atoms with Gasteiger partial charge in [0.15, 0.2) is 0 Å². The zero-order valence-electron chi connectivity index (χ0n) is 12.8. The molecule has 0 aliphatic heterocycles. The average Bonchev–Trinajstić information content (AvgIpc) is 2.86. The van der Waals surface area contributed by atoms with E-state index in [1.165, 1.54) is 0 Å². The lowest BCUT2D eigenvalue weighted by Crippen LogP contribution is -2.22. The highest BCUT2D eigenvalue weighted by Gasteiger charge is 2.28. The van der Waals surface area contributed by atoms with Crippen LogP contribution in [0.4, 0.5) is 0 Å². The molecule has 1 unspecified atom stereocenters. The molecule has 0 aromatic carbocycles. The lowest BCUT2D eigenvalue weighted by molar-refractivity contribution is -0.00207. The molecule has 1 rings (SSSR count). The maximum Gasteiger partial charge on any atom is 0.149 e. The van der Waals surface area contributed by atoms with Gasteiger partial charge >= 0.3 is 0 Å². The average molecular weight is 285 g/mol. The summed E-state index contributed by atoms with van der Waals surface area (Å²) in [6, 6.07) is 0. The first kappa shape index (κ1) is 16.5. The van der Waals surface area contributed by atoms with E-state index >= 15 is 0 Å². The van der Waals surface area contributed by atoms with Crippen LogP contribution >= 0.6 is 11.3 Å². The van der Waals surface area contributed by atoms with E-state index in [-0.39, 0.29) is 5.60 Å². The highest BCUT2D eigenvalue weighted by atomic mass is 32.1. The first-order valence-corrected chi connectivity index (χ1v) is 7.92. The van der Waals surface area contributed by atoms with Crippen LogP contribution in [0, 0.1) is 5.92 Å². The Morgan fingerprint density at radius 1 is 1.37 bits per heavy atom. The standard InChI is InChI=1S/C14H27N3OS/c1-6-14(4,18-5)13-17-16-12(19-13)8-7-9-15-10-11(2)3/h11,15H,6-10H2,1-5H3. The van der Waals surface area contributed by atoms with E-state index in [1.807, 2.05) is 0 Å². The van der Waals surface area contributed by atoms with Crippen LogP contribution in [-0.4, -0.2) is 30.4 Å². The van der Waals surface area contributed by atoms with Crippen molar-refractivity contribution in [3.8, 4) is 0 Å². The van der Waals surface area contributed by atoms with Crippen molar-refractivity contribution in [1.29, 1.82) is 0 Å². The van der Waals surface area contributed by atoms with Crippen molar-refractivity contribution < 1.29 is 4.74 Å². The van der Waals surface area contributed by atoms with E-state index < -0.39 is 0 Å². The fourth-order valence-corrected chi connectivity index (χ4v) is 2.78. The number of nitrogens with one attached hydrogen (secondary N) is 1. The Morgan fingerprint density at radius 2 is 2.11 bits per heavy atom. The first-order chi connectivity index (χ1) is 9.01.